The van der Waals surface area contributed by atoms with Crippen LogP contribution in [0.15, 0.2) is 65.8 Å². The number of carbonyl (C=O) groups excluding carboxylic acids is 1. The molecule has 0 aliphatic rings. The quantitative estimate of drug-likeness (QED) is 0.420. The van der Waals surface area contributed by atoms with Crippen molar-refractivity contribution >= 4 is 15.7 Å². The smallest absolute Gasteiger partial charge is 0.264 e. The highest BCUT2D eigenvalue weighted by Crippen LogP contribution is 2.24. The molecule has 10 heteroatoms. The van der Waals surface area contributed by atoms with Gasteiger partial charge in [0.2, 0.25) is 0 Å². The van der Waals surface area contributed by atoms with Gasteiger partial charge in [0.15, 0.2) is 20.4 Å². The molecular formula is C21H22N4O5S. The van der Waals surface area contributed by atoms with Crippen LogP contribution in [-0.2, 0) is 21.2 Å². The third-order valence-electron chi connectivity index (χ3n) is 5.27. The molecule has 1 amide bonds. The summed E-state index contributed by atoms with van der Waals surface area (Å²) in [6.45, 7) is 1.20. The van der Waals surface area contributed by atoms with Gasteiger partial charge < -0.3 is 4.57 Å². The number of amides is 1. The summed E-state index contributed by atoms with van der Waals surface area (Å²) in [4.78, 5) is 32.9. The Morgan fingerprint density at radius 2 is 1.71 bits per heavy atom. The largest absolute Gasteiger partial charge is 0.315 e. The molecule has 1 aromatic carbocycles. The van der Waals surface area contributed by atoms with Crippen LogP contribution in [0.4, 0.5) is 0 Å². The molecule has 1 atom stereocenters. The first kappa shape index (κ1) is 22.3. The molecule has 0 fully saturated rings. The Kier molecular flexibility index (Phi) is 6.32. The maximum atomic E-state index is 12.6. The first-order chi connectivity index (χ1) is 14.7. The molecule has 0 spiro atoms. The number of rotatable bonds is 7. The zero-order valence-corrected chi connectivity index (χ0v) is 17.8. The normalized spacial score (nSPS) is 13.4. The van der Waals surface area contributed by atoms with E-state index in [0.29, 0.717) is 11.4 Å². The van der Waals surface area contributed by atoms with Crippen molar-refractivity contribution in [2.24, 2.45) is 0 Å². The molecule has 3 rings (SSSR count). The second-order valence-electron chi connectivity index (χ2n) is 7.29. The van der Waals surface area contributed by atoms with Crippen LogP contribution in [0.2, 0.25) is 0 Å². The van der Waals surface area contributed by atoms with Crippen LogP contribution in [0.5, 0.6) is 0 Å². The number of pyridine rings is 1. The van der Waals surface area contributed by atoms with Crippen molar-refractivity contribution in [1.82, 2.24) is 20.0 Å². The standard InChI is InChI=1S/C21H22N4O5S/c1-21(20(27)24-28,31(2,29)30)9-13-25-12-8-17(14-18(25)26)15-4-6-16(7-5-15)19-22-10-3-11-23-19/h3-8,10-12,14,28H,9,13H2,1-2H3,(H,24,27). The van der Waals surface area contributed by atoms with Crippen molar-refractivity contribution in [2.75, 3.05) is 6.26 Å². The van der Waals surface area contributed by atoms with Crippen molar-refractivity contribution in [3.63, 3.8) is 0 Å². The van der Waals surface area contributed by atoms with Gasteiger partial charge in [-0.3, -0.25) is 14.8 Å². The minimum atomic E-state index is -3.83. The van der Waals surface area contributed by atoms with Gasteiger partial charge in [0.05, 0.1) is 0 Å². The molecular weight excluding hydrogens is 420 g/mol. The molecule has 2 heterocycles. The molecule has 0 saturated carbocycles. The number of benzene rings is 1. The highest BCUT2D eigenvalue weighted by atomic mass is 32.2. The summed E-state index contributed by atoms with van der Waals surface area (Å²) in [6.07, 6.45) is 5.61. The zero-order valence-electron chi connectivity index (χ0n) is 17.0. The predicted octanol–water partition coefficient (Wildman–Crippen LogP) is 1.67. The van der Waals surface area contributed by atoms with E-state index in [1.807, 2.05) is 24.3 Å². The first-order valence-corrected chi connectivity index (χ1v) is 11.3. The van der Waals surface area contributed by atoms with E-state index in [4.69, 9.17) is 5.21 Å². The molecule has 2 N–H and O–H groups in total. The SMILES string of the molecule is CC(CCn1ccc(-c2ccc(-c3ncccn3)cc2)cc1=O)(C(=O)NO)S(C)(=O)=O. The lowest BCUT2D eigenvalue weighted by atomic mass is 10.0. The second-order valence-corrected chi connectivity index (χ2v) is 9.74. The van der Waals surface area contributed by atoms with Crippen LogP contribution < -0.4 is 11.0 Å². The summed E-state index contributed by atoms with van der Waals surface area (Å²) in [5, 5.41) is 8.90. The molecule has 1 unspecified atom stereocenters. The highest BCUT2D eigenvalue weighted by Gasteiger charge is 2.43. The fraction of sp³-hybridized carbons (Fsp3) is 0.238. The van der Waals surface area contributed by atoms with Crippen molar-refractivity contribution < 1.29 is 18.4 Å². The number of hydroxylamine groups is 1. The Labute approximate surface area is 179 Å². The van der Waals surface area contributed by atoms with E-state index in [1.165, 1.54) is 23.0 Å². The van der Waals surface area contributed by atoms with Crippen molar-refractivity contribution in [1.29, 1.82) is 0 Å². The predicted molar refractivity (Wildman–Crippen MR) is 115 cm³/mol. The van der Waals surface area contributed by atoms with E-state index in [9.17, 15) is 18.0 Å². The minimum Gasteiger partial charge on any atom is -0.315 e. The average molecular weight is 442 g/mol. The van der Waals surface area contributed by atoms with Crippen LogP contribution >= 0.6 is 0 Å². The summed E-state index contributed by atoms with van der Waals surface area (Å²) < 4.78 is 23.6. The maximum Gasteiger partial charge on any atom is 0.264 e. The van der Waals surface area contributed by atoms with Crippen molar-refractivity contribution in [3.05, 3.63) is 71.4 Å². The number of sulfone groups is 1. The fourth-order valence-corrected chi connectivity index (χ4v) is 3.90. The molecule has 0 aliphatic heterocycles. The Bertz CT molecular complexity index is 1240. The Balaban J connectivity index is 1.80. The molecule has 0 radical (unpaired) electrons. The Hall–Kier alpha value is -3.37. The third kappa shape index (κ3) is 4.70. The van der Waals surface area contributed by atoms with E-state index in [1.54, 1.807) is 30.7 Å². The summed E-state index contributed by atoms with van der Waals surface area (Å²) in [5.41, 5.74) is 3.42. The molecule has 9 nitrogen and oxygen atoms in total. The van der Waals surface area contributed by atoms with Gasteiger partial charge in [-0.2, -0.15) is 0 Å². The third-order valence-corrected chi connectivity index (χ3v) is 7.29. The van der Waals surface area contributed by atoms with Crippen LogP contribution in [0.3, 0.4) is 0 Å². The van der Waals surface area contributed by atoms with Gasteiger partial charge in [-0.05, 0) is 36.6 Å². The number of nitrogens with one attached hydrogen (secondary N) is 1. The number of hydrogen-bond donors (Lipinski definition) is 2. The van der Waals surface area contributed by atoms with Crippen LogP contribution in [0.1, 0.15) is 13.3 Å². The Morgan fingerprint density at radius 3 is 2.26 bits per heavy atom. The van der Waals surface area contributed by atoms with E-state index >= 15 is 0 Å². The number of hydrogen-bond acceptors (Lipinski definition) is 7. The molecule has 3 aromatic rings. The summed E-state index contributed by atoms with van der Waals surface area (Å²) in [6, 6.07) is 12.4. The lowest BCUT2D eigenvalue weighted by Crippen LogP contribution is -2.49. The topological polar surface area (TPSA) is 131 Å². The second kappa shape index (κ2) is 8.78. The first-order valence-electron chi connectivity index (χ1n) is 9.38. The number of aromatic nitrogens is 3. The number of aryl methyl sites for hydroxylation is 1. The van der Waals surface area contributed by atoms with Gasteiger partial charge in [0, 0.05) is 43.0 Å². The maximum absolute atomic E-state index is 12.6. The molecule has 2 aromatic heterocycles. The van der Waals surface area contributed by atoms with E-state index in [2.05, 4.69) is 9.97 Å². The summed E-state index contributed by atoms with van der Waals surface area (Å²) in [7, 11) is -3.83. The van der Waals surface area contributed by atoms with Gasteiger partial charge in [0.1, 0.15) is 0 Å². The van der Waals surface area contributed by atoms with Gasteiger partial charge in [-0.15, -0.1) is 0 Å². The van der Waals surface area contributed by atoms with Gasteiger partial charge in [-0.1, -0.05) is 24.3 Å². The van der Waals surface area contributed by atoms with Gasteiger partial charge in [-0.25, -0.2) is 23.9 Å². The average Bonchev–Trinajstić information content (AvgIpc) is 2.77. The van der Waals surface area contributed by atoms with E-state index in [0.717, 1.165) is 17.4 Å². The molecule has 0 saturated heterocycles. The van der Waals surface area contributed by atoms with Gasteiger partial charge in [0.25, 0.3) is 11.5 Å². The molecule has 162 valence electrons. The lowest BCUT2D eigenvalue weighted by Gasteiger charge is -2.25. The lowest BCUT2D eigenvalue weighted by molar-refractivity contribution is -0.131. The zero-order chi connectivity index (χ0) is 22.6. The van der Waals surface area contributed by atoms with E-state index < -0.39 is 20.5 Å². The number of nitrogens with zero attached hydrogens (tertiary/aromatic N) is 3. The van der Waals surface area contributed by atoms with Crippen molar-refractivity contribution in [2.45, 2.75) is 24.6 Å². The van der Waals surface area contributed by atoms with Crippen LogP contribution in [0.25, 0.3) is 22.5 Å². The Morgan fingerprint density at radius 1 is 1.10 bits per heavy atom. The summed E-state index contributed by atoms with van der Waals surface area (Å²) >= 11 is 0. The monoisotopic (exact) mass is 442 g/mol. The van der Waals surface area contributed by atoms with Crippen LogP contribution in [0, 0.1) is 0 Å². The summed E-state index contributed by atoms with van der Waals surface area (Å²) in [5.74, 6) is -0.438. The van der Waals surface area contributed by atoms with Crippen LogP contribution in [-0.4, -0.2) is 45.1 Å². The molecule has 0 bridgehead atoms. The minimum absolute atomic E-state index is 0.0135. The molecule has 31 heavy (non-hydrogen) atoms. The highest BCUT2D eigenvalue weighted by molar-refractivity contribution is 7.92. The number of carbonyl (C=O) groups is 1. The van der Waals surface area contributed by atoms with E-state index in [-0.39, 0.29) is 18.5 Å². The molecule has 0 aliphatic carbocycles. The van der Waals surface area contributed by atoms with Crippen molar-refractivity contribution in [3.8, 4) is 22.5 Å². The van der Waals surface area contributed by atoms with Gasteiger partial charge >= 0.3 is 0 Å². The fourth-order valence-electron chi connectivity index (χ4n) is 3.05.